The molecule has 2 heterocycles. The average molecular weight is 356 g/mol. The Morgan fingerprint density at radius 3 is 2.67 bits per heavy atom. The molecule has 0 saturated heterocycles. The van der Waals surface area contributed by atoms with Crippen LogP contribution in [0, 0.1) is 5.92 Å². The minimum atomic E-state index is -4.03. The Bertz CT molecular complexity index is 1020. The molecule has 0 fully saturated rings. The molecule has 11 heteroatoms. The van der Waals surface area contributed by atoms with Crippen molar-refractivity contribution in [3.63, 3.8) is 0 Å². The third kappa shape index (κ3) is 3.08. The van der Waals surface area contributed by atoms with Gasteiger partial charge in [0.05, 0.1) is 11.3 Å². The first-order chi connectivity index (χ1) is 11.1. The molecule has 10 nitrogen and oxygen atoms in total. The molecule has 0 aliphatic heterocycles. The van der Waals surface area contributed by atoms with Crippen LogP contribution in [0.2, 0.25) is 0 Å². The summed E-state index contributed by atoms with van der Waals surface area (Å²) in [6.07, 6.45) is 1.03. The first kappa shape index (κ1) is 17.8. The molecular weight excluding hydrogens is 340 g/mol. The SMILES string of the molecule is CC(CN(C)S(=O)(=O)c1cnc2c(c1)c(=O)[nH]c(=O)n2C)C(=O)O. The highest BCUT2D eigenvalue weighted by Crippen LogP contribution is 2.17. The molecule has 2 aromatic rings. The number of rotatable bonds is 5. The van der Waals surface area contributed by atoms with E-state index in [2.05, 4.69) is 9.97 Å². The summed E-state index contributed by atoms with van der Waals surface area (Å²) in [4.78, 5) is 39.9. The van der Waals surface area contributed by atoms with Gasteiger partial charge in [-0.1, -0.05) is 6.92 Å². The van der Waals surface area contributed by atoms with Gasteiger partial charge in [0.2, 0.25) is 10.0 Å². The minimum absolute atomic E-state index is 0.0456. The standard InChI is InChI=1S/C13H16N4O6S/c1-7(12(19)20)6-16(2)24(22,23)8-4-9-10(14-5-8)17(3)13(21)15-11(9)18/h4-5,7H,6H2,1-3H3,(H,19,20)(H,15,18,21). The number of carbonyl (C=O) groups is 1. The highest BCUT2D eigenvalue weighted by atomic mass is 32.2. The quantitative estimate of drug-likeness (QED) is 0.697. The maximum atomic E-state index is 12.5. The molecule has 24 heavy (non-hydrogen) atoms. The number of H-pyrrole nitrogens is 1. The summed E-state index contributed by atoms with van der Waals surface area (Å²) in [5.41, 5.74) is -1.37. The molecule has 130 valence electrons. The monoisotopic (exact) mass is 356 g/mol. The topological polar surface area (TPSA) is 142 Å². The van der Waals surface area contributed by atoms with Gasteiger partial charge in [0.25, 0.3) is 5.56 Å². The number of aromatic amines is 1. The number of carboxylic acid groups (broad SMARTS) is 1. The van der Waals surface area contributed by atoms with E-state index in [-0.39, 0.29) is 22.5 Å². The fraction of sp³-hybridized carbons (Fsp3) is 0.385. The number of nitrogens with zero attached hydrogens (tertiary/aromatic N) is 3. The molecule has 2 N–H and O–H groups in total. The number of hydrogen-bond donors (Lipinski definition) is 2. The van der Waals surface area contributed by atoms with Crippen molar-refractivity contribution in [3.05, 3.63) is 33.1 Å². The van der Waals surface area contributed by atoms with Crippen LogP contribution in [0.15, 0.2) is 26.7 Å². The fourth-order valence-corrected chi connectivity index (χ4v) is 3.33. The molecule has 1 unspecified atom stereocenters. The van der Waals surface area contributed by atoms with Crippen LogP contribution in [0.1, 0.15) is 6.92 Å². The summed E-state index contributed by atoms with van der Waals surface area (Å²) >= 11 is 0. The van der Waals surface area contributed by atoms with Crippen molar-refractivity contribution >= 4 is 27.0 Å². The van der Waals surface area contributed by atoms with Gasteiger partial charge in [-0.05, 0) is 6.07 Å². The smallest absolute Gasteiger partial charge is 0.329 e. The molecule has 0 aliphatic rings. The number of aliphatic carboxylic acids is 1. The van der Waals surface area contributed by atoms with Crippen LogP contribution in [0.4, 0.5) is 0 Å². The number of aryl methyl sites for hydroxylation is 1. The Morgan fingerprint density at radius 2 is 2.08 bits per heavy atom. The highest BCUT2D eigenvalue weighted by molar-refractivity contribution is 7.89. The summed E-state index contributed by atoms with van der Waals surface area (Å²) in [6, 6.07) is 1.11. The van der Waals surface area contributed by atoms with Gasteiger partial charge in [-0.2, -0.15) is 0 Å². The Kier molecular flexibility index (Phi) is 4.58. The van der Waals surface area contributed by atoms with E-state index in [1.807, 2.05) is 0 Å². The van der Waals surface area contributed by atoms with Gasteiger partial charge in [-0.15, -0.1) is 0 Å². The number of sulfonamides is 1. The summed E-state index contributed by atoms with van der Waals surface area (Å²) in [5.74, 6) is -2.03. The van der Waals surface area contributed by atoms with Crippen LogP contribution in [-0.4, -0.2) is 51.9 Å². The molecule has 0 saturated carbocycles. The van der Waals surface area contributed by atoms with Crippen molar-refractivity contribution in [2.24, 2.45) is 13.0 Å². The van der Waals surface area contributed by atoms with Gasteiger partial charge >= 0.3 is 11.7 Å². The van der Waals surface area contributed by atoms with E-state index in [9.17, 15) is 22.8 Å². The van der Waals surface area contributed by atoms with Crippen molar-refractivity contribution < 1.29 is 18.3 Å². The predicted octanol–water partition coefficient (Wildman–Crippen LogP) is -1.04. The Labute approximate surface area is 136 Å². The zero-order chi connectivity index (χ0) is 18.2. The lowest BCUT2D eigenvalue weighted by Gasteiger charge is -2.19. The lowest BCUT2D eigenvalue weighted by Crippen LogP contribution is -2.34. The lowest BCUT2D eigenvalue weighted by molar-refractivity contribution is -0.141. The molecular formula is C13H16N4O6S. The van der Waals surface area contributed by atoms with E-state index in [4.69, 9.17) is 5.11 Å². The Morgan fingerprint density at radius 1 is 1.46 bits per heavy atom. The van der Waals surface area contributed by atoms with E-state index >= 15 is 0 Å². The van der Waals surface area contributed by atoms with E-state index in [0.29, 0.717) is 0 Å². The number of aromatic nitrogens is 3. The third-order valence-corrected chi connectivity index (χ3v) is 5.38. The number of pyridine rings is 1. The van der Waals surface area contributed by atoms with E-state index in [0.717, 1.165) is 21.1 Å². The molecule has 0 aliphatic carbocycles. The van der Waals surface area contributed by atoms with Gasteiger partial charge in [0.1, 0.15) is 10.5 Å². The van der Waals surface area contributed by atoms with Crippen LogP contribution in [-0.2, 0) is 21.9 Å². The van der Waals surface area contributed by atoms with Gasteiger partial charge in [0.15, 0.2) is 0 Å². The number of nitrogens with one attached hydrogen (secondary N) is 1. The average Bonchev–Trinajstić information content (AvgIpc) is 2.51. The van der Waals surface area contributed by atoms with E-state index in [1.54, 1.807) is 0 Å². The second kappa shape index (κ2) is 6.17. The zero-order valence-electron chi connectivity index (χ0n) is 13.2. The number of hydrogen-bond acceptors (Lipinski definition) is 6. The maximum absolute atomic E-state index is 12.5. The molecule has 2 rings (SSSR count). The van der Waals surface area contributed by atoms with Crippen LogP contribution in [0.25, 0.3) is 11.0 Å². The largest absolute Gasteiger partial charge is 0.481 e. The summed E-state index contributed by atoms with van der Waals surface area (Å²) < 4.78 is 27.0. The van der Waals surface area contributed by atoms with Gasteiger partial charge in [0, 0.05) is 26.8 Å². The van der Waals surface area contributed by atoms with Crippen molar-refractivity contribution in [2.45, 2.75) is 11.8 Å². The normalized spacial score (nSPS) is 13.3. The van der Waals surface area contributed by atoms with Crippen LogP contribution >= 0.6 is 0 Å². The molecule has 1 atom stereocenters. The van der Waals surface area contributed by atoms with Gasteiger partial charge in [-0.25, -0.2) is 22.5 Å². The molecule has 0 bridgehead atoms. The van der Waals surface area contributed by atoms with Crippen molar-refractivity contribution in [2.75, 3.05) is 13.6 Å². The van der Waals surface area contributed by atoms with Crippen molar-refractivity contribution in [1.82, 2.24) is 18.8 Å². The first-order valence-corrected chi connectivity index (χ1v) is 8.28. The lowest BCUT2D eigenvalue weighted by atomic mass is 10.2. The Balaban J connectivity index is 2.54. The van der Waals surface area contributed by atoms with Gasteiger partial charge in [-0.3, -0.25) is 19.1 Å². The highest BCUT2D eigenvalue weighted by Gasteiger charge is 2.26. The molecule has 2 aromatic heterocycles. The van der Waals surface area contributed by atoms with E-state index < -0.39 is 33.2 Å². The molecule has 0 amide bonds. The summed E-state index contributed by atoms with van der Waals surface area (Å²) in [6.45, 7) is 1.15. The summed E-state index contributed by atoms with van der Waals surface area (Å²) in [5, 5.41) is 8.83. The molecule has 0 aromatic carbocycles. The second-order valence-corrected chi connectivity index (χ2v) is 7.43. The van der Waals surface area contributed by atoms with Crippen LogP contribution in [0.3, 0.4) is 0 Å². The minimum Gasteiger partial charge on any atom is -0.481 e. The van der Waals surface area contributed by atoms with Crippen LogP contribution in [0.5, 0.6) is 0 Å². The van der Waals surface area contributed by atoms with E-state index in [1.165, 1.54) is 21.0 Å². The Hall–Kier alpha value is -2.53. The third-order valence-electron chi connectivity index (χ3n) is 3.59. The molecule has 0 spiro atoms. The van der Waals surface area contributed by atoms with Crippen molar-refractivity contribution in [3.8, 4) is 0 Å². The number of carboxylic acids is 1. The zero-order valence-corrected chi connectivity index (χ0v) is 14.0. The van der Waals surface area contributed by atoms with Crippen molar-refractivity contribution in [1.29, 1.82) is 0 Å². The van der Waals surface area contributed by atoms with Gasteiger partial charge < -0.3 is 5.11 Å². The van der Waals surface area contributed by atoms with Crippen LogP contribution < -0.4 is 11.2 Å². The number of fused-ring (bicyclic) bond motifs is 1. The second-order valence-electron chi connectivity index (χ2n) is 5.39. The molecule has 0 radical (unpaired) electrons. The fourth-order valence-electron chi connectivity index (χ4n) is 2.10. The predicted molar refractivity (Wildman–Crippen MR) is 84.2 cm³/mol. The maximum Gasteiger partial charge on any atom is 0.329 e. The summed E-state index contributed by atoms with van der Waals surface area (Å²) in [7, 11) is -1.40. The first-order valence-electron chi connectivity index (χ1n) is 6.84.